The Kier molecular flexibility index (Phi) is 5.42. The zero-order chi connectivity index (χ0) is 20.5. The molecule has 0 aliphatic carbocycles. The van der Waals surface area contributed by atoms with Crippen LogP contribution in [0.2, 0.25) is 0 Å². The molecule has 0 bridgehead atoms. The second-order valence-electron chi connectivity index (χ2n) is 6.57. The minimum atomic E-state index is -0.422. The van der Waals surface area contributed by atoms with Gasteiger partial charge in [-0.25, -0.2) is 13.9 Å². The smallest absolute Gasteiger partial charge is 0.338 e. The van der Waals surface area contributed by atoms with Crippen LogP contribution in [0.15, 0.2) is 52.1 Å². The van der Waals surface area contributed by atoms with Crippen molar-refractivity contribution >= 4 is 35.0 Å². The largest absolute Gasteiger partial charge is 0.466 e. The molecule has 2 aromatic heterocycles. The minimum absolute atomic E-state index is 0.250. The Hall–Kier alpha value is -2.65. The normalized spacial score (nSPS) is 15.8. The summed E-state index contributed by atoms with van der Waals surface area (Å²) in [6, 6.07) is 8.24. The van der Waals surface area contributed by atoms with Crippen molar-refractivity contribution in [2.45, 2.75) is 30.8 Å². The summed E-state index contributed by atoms with van der Waals surface area (Å²) in [5.41, 5.74) is 2.84. The first kappa shape index (κ1) is 19.7. The standard InChI is InChI=1S/C20H19FN4O2S2/c1-11-8-9-28-17(11)16-15(18(26)27-3)12(2)22-19-23-20(24-25(16)19)29-10-13-6-4-5-7-14(13)21/h4-9,16H,10H2,1-3H3,(H,22,23,24). The molecule has 0 radical (unpaired) electrons. The molecule has 9 heteroatoms. The molecule has 0 saturated carbocycles. The van der Waals surface area contributed by atoms with Crippen molar-refractivity contribution in [2.24, 2.45) is 0 Å². The number of benzene rings is 1. The van der Waals surface area contributed by atoms with Crippen molar-refractivity contribution in [1.29, 1.82) is 0 Å². The van der Waals surface area contributed by atoms with Crippen LogP contribution in [0.4, 0.5) is 10.3 Å². The Labute approximate surface area is 175 Å². The highest BCUT2D eigenvalue weighted by Crippen LogP contribution is 2.40. The fourth-order valence-electron chi connectivity index (χ4n) is 3.23. The highest BCUT2D eigenvalue weighted by atomic mass is 32.2. The van der Waals surface area contributed by atoms with Crippen molar-refractivity contribution in [3.05, 3.63) is 68.8 Å². The Bertz CT molecular complexity index is 1110. The summed E-state index contributed by atoms with van der Waals surface area (Å²) in [4.78, 5) is 18.1. The highest BCUT2D eigenvalue weighted by Gasteiger charge is 2.36. The predicted molar refractivity (Wildman–Crippen MR) is 112 cm³/mol. The van der Waals surface area contributed by atoms with E-state index >= 15 is 0 Å². The molecule has 0 amide bonds. The number of nitrogens with one attached hydrogen (secondary N) is 1. The van der Waals surface area contributed by atoms with Gasteiger partial charge in [0.25, 0.3) is 0 Å². The molecule has 4 rings (SSSR count). The molecule has 1 atom stereocenters. The van der Waals surface area contributed by atoms with E-state index in [4.69, 9.17) is 4.74 Å². The number of ether oxygens (including phenoxy) is 1. The summed E-state index contributed by atoms with van der Waals surface area (Å²) in [6.45, 7) is 3.83. The van der Waals surface area contributed by atoms with E-state index in [1.165, 1.54) is 24.9 Å². The molecule has 3 heterocycles. The van der Waals surface area contributed by atoms with Crippen molar-refractivity contribution in [1.82, 2.24) is 14.8 Å². The maximum Gasteiger partial charge on any atom is 0.338 e. The number of aryl methyl sites for hydroxylation is 1. The number of hydrogen-bond acceptors (Lipinski definition) is 7. The fourth-order valence-corrected chi connectivity index (χ4v) is 5.07. The van der Waals surface area contributed by atoms with Gasteiger partial charge in [0.15, 0.2) is 0 Å². The molecule has 1 aliphatic heterocycles. The zero-order valence-electron chi connectivity index (χ0n) is 16.1. The van der Waals surface area contributed by atoms with Gasteiger partial charge in [-0.2, -0.15) is 4.98 Å². The second kappa shape index (κ2) is 8.00. The van der Waals surface area contributed by atoms with Crippen LogP contribution in [0.5, 0.6) is 0 Å². The van der Waals surface area contributed by atoms with Gasteiger partial charge >= 0.3 is 5.97 Å². The Balaban J connectivity index is 1.70. The van der Waals surface area contributed by atoms with E-state index in [0.717, 1.165) is 10.4 Å². The number of carbonyl (C=O) groups excluding carboxylic acids is 1. The molecule has 1 aromatic carbocycles. The van der Waals surface area contributed by atoms with Crippen LogP contribution in [0.3, 0.4) is 0 Å². The van der Waals surface area contributed by atoms with Crippen LogP contribution >= 0.6 is 23.1 Å². The summed E-state index contributed by atoms with van der Waals surface area (Å²) in [7, 11) is 1.37. The summed E-state index contributed by atoms with van der Waals surface area (Å²) in [6.07, 6.45) is 0. The van der Waals surface area contributed by atoms with E-state index in [9.17, 15) is 9.18 Å². The van der Waals surface area contributed by atoms with Crippen molar-refractivity contribution in [3.63, 3.8) is 0 Å². The van der Waals surface area contributed by atoms with Crippen molar-refractivity contribution in [2.75, 3.05) is 12.4 Å². The van der Waals surface area contributed by atoms with Crippen LogP contribution in [0.25, 0.3) is 0 Å². The molecule has 29 heavy (non-hydrogen) atoms. The number of esters is 1. The maximum absolute atomic E-state index is 13.9. The van der Waals surface area contributed by atoms with Gasteiger partial charge in [-0.15, -0.1) is 16.4 Å². The number of allylic oxidation sites excluding steroid dienone is 1. The third-order valence-corrected chi connectivity index (χ3v) is 6.66. The average molecular weight is 431 g/mol. The Morgan fingerprint density at radius 1 is 1.34 bits per heavy atom. The first-order valence-electron chi connectivity index (χ1n) is 8.92. The number of rotatable bonds is 5. The lowest BCUT2D eigenvalue weighted by Crippen LogP contribution is -2.29. The van der Waals surface area contributed by atoms with Gasteiger partial charge in [0.1, 0.15) is 11.9 Å². The summed E-state index contributed by atoms with van der Waals surface area (Å²) in [5.74, 6) is 0.299. The summed E-state index contributed by atoms with van der Waals surface area (Å²) >= 11 is 2.91. The minimum Gasteiger partial charge on any atom is -0.466 e. The third kappa shape index (κ3) is 3.67. The monoisotopic (exact) mass is 430 g/mol. The number of aromatic nitrogens is 3. The number of hydrogen-bond donors (Lipinski definition) is 1. The van der Waals surface area contributed by atoms with E-state index in [1.807, 2.05) is 25.3 Å². The van der Waals surface area contributed by atoms with E-state index in [-0.39, 0.29) is 5.82 Å². The van der Waals surface area contributed by atoms with Gasteiger partial charge in [0, 0.05) is 16.3 Å². The van der Waals surface area contributed by atoms with Gasteiger partial charge in [0.2, 0.25) is 11.1 Å². The zero-order valence-corrected chi connectivity index (χ0v) is 17.7. The maximum atomic E-state index is 13.9. The van der Waals surface area contributed by atoms with Crippen LogP contribution in [0.1, 0.15) is 29.0 Å². The quantitative estimate of drug-likeness (QED) is 0.473. The lowest BCUT2D eigenvalue weighted by Gasteiger charge is -2.27. The third-order valence-electron chi connectivity index (χ3n) is 4.70. The molecule has 3 aromatic rings. The van der Waals surface area contributed by atoms with E-state index < -0.39 is 12.0 Å². The van der Waals surface area contributed by atoms with Crippen LogP contribution in [-0.4, -0.2) is 27.8 Å². The first-order chi connectivity index (χ1) is 14.0. The van der Waals surface area contributed by atoms with Gasteiger partial charge in [-0.1, -0.05) is 30.0 Å². The molecule has 0 fully saturated rings. The number of fused-ring (bicyclic) bond motifs is 1. The lowest BCUT2D eigenvalue weighted by atomic mass is 10.00. The second-order valence-corrected chi connectivity index (χ2v) is 8.46. The molecular formula is C20H19FN4O2S2. The SMILES string of the molecule is COC(=O)C1=C(C)Nc2nc(SCc3ccccc3F)nn2C1c1sccc1C. The van der Waals surface area contributed by atoms with Crippen molar-refractivity contribution < 1.29 is 13.9 Å². The van der Waals surface area contributed by atoms with Crippen LogP contribution in [-0.2, 0) is 15.3 Å². The molecule has 1 unspecified atom stereocenters. The summed E-state index contributed by atoms with van der Waals surface area (Å²) < 4.78 is 20.7. The van der Waals surface area contributed by atoms with Gasteiger partial charge in [-0.05, 0) is 42.5 Å². The number of anilines is 1. The number of halogens is 1. The first-order valence-corrected chi connectivity index (χ1v) is 10.8. The number of nitrogens with zero attached hydrogens (tertiary/aromatic N) is 3. The molecule has 6 nitrogen and oxygen atoms in total. The topological polar surface area (TPSA) is 69.0 Å². The average Bonchev–Trinajstić information content (AvgIpc) is 3.31. The van der Waals surface area contributed by atoms with Crippen LogP contribution < -0.4 is 5.32 Å². The number of thioether (sulfide) groups is 1. The molecule has 1 aliphatic rings. The molecule has 0 saturated heterocycles. The van der Waals surface area contributed by atoms with Gasteiger partial charge < -0.3 is 10.1 Å². The van der Waals surface area contributed by atoms with Gasteiger partial charge in [-0.3, -0.25) is 0 Å². The van der Waals surface area contributed by atoms with Crippen LogP contribution in [0, 0.1) is 12.7 Å². The van der Waals surface area contributed by atoms with E-state index in [2.05, 4.69) is 15.4 Å². The summed E-state index contributed by atoms with van der Waals surface area (Å²) in [5, 5.41) is 10.3. The Morgan fingerprint density at radius 2 is 2.14 bits per heavy atom. The molecule has 0 spiro atoms. The van der Waals surface area contributed by atoms with Gasteiger partial charge in [0.05, 0.1) is 12.7 Å². The highest BCUT2D eigenvalue weighted by molar-refractivity contribution is 7.98. The Morgan fingerprint density at radius 3 is 2.83 bits per heavy atom. The fraction of sp³-hybridized carbons (Fsp3) is 0.250. The number of carbonyl (C=O) groups is 1. The van der Waals surface area contributed by atoms with E-state index in [1.54, 1.807) is 34.2 Å². The molecular weight excluding hydrogens is 411 g/mol. The molecule has 150 valence electrons. The lowest BCUT2D eigenvalue weighted by molar-refractivity contribution is -0.136. The number of methoxy groups -OCH3 is 1. The van der Waals surface area contributed by atoms with Crippen molar-refractivity contribution in [3.8, 4) is 0 Å². The predicted octanol–water partition coefficient (Wildman–Crippen LogP) is 4.54. The number of thiophene rings is 1. The van der Waals surface area contributed by atoms with E-state index in [0.29, 0.717) is 33.7 Å². The molecule has 1 N–H and O–H groups in total.